The third-order valence-electron chi connectivity index (χ3n) is 4.54. The number of nitrogens with zero attached hydrogens (tertiary/aromatic N) is 1. The first-order valence-electron chi connectivity index (χ1n) is 9.21. The van der Waals surface area contributed by atoms with Crippen LogP contribution in [-0.4, -0.2) is 51.8 Å². The van der Waals surface area contributed by atoms with Gasteiger partial charge in [-0.25, -0.2) is 0 Å². The number of amides is 1. The summed E-state index contributed by atoms with van der Waals surface area (Å²) in [7, 11) is 0. The summed E-state index contributed by atoms with van der Waals surface area (Å²) < 4.78 is 5.95. The summed E-state index contributed by atoms with van der Waals surface area (Å²) in [4.78, 5) is 15.1. The van der Waals surface area contributed by atoms with Crippen molar-refractivity contribution in [3.63, 3.8) is 0 Å². The van der Waals surface area contributed by atoms with E-state index in [1.807, 2.05) is 40.9 Å². The van der Waals surface area contributed by atoms with Crippen molar-refractivity contribution in [2.24, 2.45) is 0 Å². The van der Waals surface area contributed by atoms with Crippen LogP contribution >= 0.6 is 23.4 Å². The molecule has 1 N–H and O–H groups in total. The van der Waals surface area contributed by atoms with E-state index in [4.69, 9.17) is 16.3 Å². The van der Waals surface area contributed by atoms with Crippen molar-refractivity contribution in [1.82, 2.24) is 4.90 Å². The summed E-state index contributed by atoms with van der Waals surface area (Å²) in [5, 5.41) is 9.95. The van der Waals surface area contributed by atoms with Crippen LogP contribution in [0, 0.1) is 0 Å². The van der Waals surface area contributed by atoms with Crippen LogP contribution in [0.25, 0.3) is 0 Å². The molecule has 146 valence electrons. The zero-order valence-electron chi connectivity index (χ0n) is 16.1. The molecule has 1 aliphatic rings. The predicted molar refractivity (Wildman–Crippen MR) is 109 cm³/mol. The van der Waals surface area contributed by atoms with Gasteiger partial charge in [-0.15, -0.1) is 0 Å². The summed E-state index contributed by atoms with van der Waals surface area (Å²) in [5.41, 5.74) is 1.03. The Morgan fingerprint density at radius 1 is 1.35 bits per heavy atom. The fourth-order valence-electron chi connectivity index (χ4n) is 3.12. The topological polar surface area (TPSA) is 49.8 Å². The second-order valence-electron chi connectivity index (χ2n) is 7.63. The molecule has 0 bridgehead atoms. The Balaban J connectivity index is 2.29. The Hall–Kier alpha value is -0.750. The van der Waals surface area contributed by atoms with Crippen molar-refractivity contribution in [3.8, 4) is 0 Å². The van der Waals surface area contributed by atoms with Crippen molar-refractivity contribution in [2.45, 2.75) is 63.5 Å². The van der Waals surface area contributed by atoms with Gasteiger partial charge in [0.2, 0.25) is 0 Å². The van der Waals surface area contributed by atoms with Crippen LogP contribution in [0.3, 0.4) is 0 Å². The lowest BCUT2D eigenvalue weighted by molar-refractivity contribution is -0.164. The summed E-state index contributed by atoms with van der Waals surface area (Å²) in [6.07, 6.45) is 0.660. The lowest BCUT2D eigenvalue weighted by Gasteiger charge is -2.44. The normalized spacial score (nSPS) is 22.5. The van der Waals surface area contributed by atoms with E-state index < -0.39 is 6.10 Å². The maximum Gasteiger partial charge on any atom is 0.252 e. The molecule has 2 rings (SSSR count). The summed E-state index contributed by atoms with van der Waals surface area (Å²) in [6, 6.07) is 7.63. The van der Waals surface area contributed by atoms with Gasteiger partial charge in [0.1, 0.15) is 6.10 Å². The van der Waals surface area contributed by atoms with E-state index in [1.165, 1.54) is 0 Å². The minimum Gasteiger partial charge on any atom is -0.396 e. The van der Waals surface area contributed by atoms with Crippen LogP contribution in [0.1, 0.15) is 52.1 Å². The number of morpholine rings is 1. The highest BCUT2D eigenvalue weighted by molar-refractivity contribution is 8.00. The molecule has 4 nitrogen and oxygen atoms in total. The van der Waals surface area contributed by atoms with E-state index in [9.17, 15) is 9.90 Å². The van der Waals surface area contributed by atoms with Crippen LogP contribution < -0.4 is 0 Å². The second-order valence-corrected chi connectivity index (χ2v) is 9.92. The number of thioether (sulfide) groups is 1. The van der Waals surface area contributed by atoms with Gasteiger partial charge in [0.25, 0.3) is 5.91 Å². The number of rotatable bonds is 7. The molecule has 1 aliphatic heterocycles. The van der Waals surface area contributed by atoms with E-state index in [2.05, 4.69) is 27.7 Å². The summed E-state index contributed by atoms with van der Waals surface area (Å²) in [5.74, 6) is 0.855. The van der Waals surface area contributed by atoms with E-state index in [0.717, 1.165) is 17.7 Å². The molecule has 1 fully saturated rings. The molecule has 1 unspecified atom stereocenters. The lowest BCUT2D eigenvalue weighted by Crippen LogP contribution is -2.54. The first-order valence-corrected chi connectivity index (χ1v) is 10.6. The fourth-order valence-corrected chi connectivity index (χ4v) is 4.33. The van der Waals surface area contributed by atoms with Gasteiger partial charge in [0, 0.05) is 34.6 Å². The molecule has 0 aliphatic carbocycles. The zero-order valence-corrected chi connectivity index (χ0v) is 17.6. The Morgan fingerprint density at radius 3 is 2.54 bits per heavy atom. The Labute approximate surface area is 166 Å². The van der Waals surface area contributed by atoms with Gasteiger partial charge in [0.15, 0.2) is 0 Å². The van der Waals surface area contributed by atoms with Gasteiger partial charge in [0.05, 0.1) is 12.6 Å². The average Bonchev–Trinajstić information content (AvgIpc) is 2.58. The highest BCUT2D eigenvalue weighted by Crippen LogP contribution is 2.34. The molecule has 3 atom stereocenters. The van der Waals surface area contributed by atoms with Gasteiger partial charge in [-0.2, -0.15) is 11.8 Å². The highest BCUT2D eigenvalue weighted by Gasteiger charge is 2.40. The SMILES string of the molecule is CC[C@@H](CSC(C)(C)C)N1C(=O)C(CCO)OC[C@H]1c1ccc(Cl)cc1. The third-order valence-corrected chi connectivity index (χ3v) is 6.21. The number of aliphatic hydroxyl groups excluding tert-OH is 1. The van der Waals surface area contributed by atoms with Crippen molar-refractivity contribution in [3.05, 3.63) is 34.9 Å². The number of carbonyl (C=O) groups excluding carboxylic acids is 1. The van der Waals surface area contributed by atoms with Crippen LogP contribution in [0.15, 0.2) is 24.3 Å². The lowest BCUT2D eigenvalue weighted by atomic mass is 9.99. The van der Waals surface area contributed by atoms with Crippen LogP contribution in [-0.2, 0) is 9.53 Å². The maximum atomic E-state index is 13.1. The molecule has 0 saturated carbocycles. The molecule has 0 aromatic heterocycles. The predicted octanol–water partition coefficient (Wildman–Crippen LogP) is 4.30. The van der Waals surface area contributed by atoms with Crippen LogP contribution in [0.5, 0.6) is 0 Å². The molecule has 1 aromatic rings. The molecule has 0 radical (unpaired) electrons. The van der Waals surface area contributed by atoms with Gasteiger partial charge in [-0.3, -0.25) is 4.79 Å². The maximum absolute atomic E-state index is 13.1. The van der Waals surface area contributed by atoms with E-state index in [0.29, 0.717) is 18.1 Å². The number of benzene rings is 1. The highest BCUT2D eigenvalue weighted by atomic mass is 35.5. The second kappa shape index (κ2) is 9.45. The van der Waals surface area contributed by atoms with Crippen molar-refractivity contribution >= 4 is 29.3 Å². The number of carbonyl (C=O) groups is 1. The molecular formula is C20H30ClNO3S. The molecule has 26 heavy (non-hydrogen) atoms. The number of halogens is 1. The van der Waals surface area contributed by atoms with Gasteiger partial charge >= 0.3 is 0 Å². The number of aliphatic hydroxyl groups is 1. The van der Waals surface area contributed by atoms with E-state index in [-0.39, 0.29) is 29.3 Å². The van der Waals surface area contributed by atoms with Crippen molar-refractivity contribution in [2.75, 3.05) is 19.0 Å². The molecule has 1 saturated heterocycles. The quantitative estimate of drug-likeness (QED) is 0.742. The van der Waals surface area contributed by atoms with Gasteiger partial charge < -0.3 is 14.7 Å². The van der Waals surface area contributed by atoms with E-state index in [1.54, 1.807) is 0 Å². The average molecular weight is 400 g/mol. The first kappa shape index (κ1) is 21.5. The molecule has 1 heterocycles. The third kappa shape index (κ3) is 5.62. The smallest absolute Gasteiger partial charge is 0.252 e. The standard InChI is InChI=1S/C20H30ClNO3S/c1-5-16(13-26-20(2,3)4)22-17(14-6-8-15(21)9-7-14)12-25-18(10-11-23)19(22)24/h6-9,16-18,23H,5,10-13H2,1-4H3/t16-,17-,18?/m0/s1. The Morgan fingerprint density at radius 2 is 2.00 bits per heavy atom. The van der Waals surface area contributed by atoms with Crippen molar-refractivity contribution < 1.29 is 14.6 Å². The van der Waals surface area contributed by atoms with Crippen LogP contribution in [0.2, 0.25) is 5.02 Å². The first-order chi connectivity index (χ1) is 12.3. The number of ether oxygens (including phenoxy) is 1. The zero-order chi connectivity index (χ0) is 19.3. The number of hydrogen-bond donors (Lipinski definition) is 1. The molecule has 1 aromatic carbocycles. The molecule has 1 amide bonds. The Bertz CT molecular complexity index is 588. The molecule has 6 heteroatoms. The summed E-state index contributed by atoms with van der Waals surface area (Å²) >= 11 is 7.90. The van der Waals surface area contributed by atoms with Gasteiger partial charge in [-0.1, -0.05) is 51.4 Å². The van der Waals surface area contributed by atoms with E-state index >= 15 is 0 Å². The van der Waals surface area contributed by atoms with Gasteiger partial charge in [-0.05, 0) is 24.1 Å². The molecule has 0 spiro atoms. The fraction of sp³-hybridized carbons (Fsp3) is 0.650. The Kier molecular flexibility index (Phi) is 7.83. The monoisotopic (exact) mass is 399 g/mol. The summed E-state index contributed by atoms with van der Waals surface area (Å²) in [6.45, 7) is 9.08. The minimum absolute atomic E-state index is 0.0217. The molecular weight excluding hydrogens is 370 g/mol. The number of hydrogen-bond acceptors (Lipinski definition) is 4. The van der Waals surface area contributed by atoms with Crippen LogP contribution in [0.4, 0.5) is 0 Å². The largest absolute Gasteiger partial charge is 0.396 e. The van der Waals surface area contributed by atoms with Crippen molar-refractivity contribution in [1.29, 1.82) is 0 Å². The minimum atomic E-state index is -0.558.